The van der Waals surface area contributed by atoms with E-state index in [1.165, 1.54) is 19.2 Å². The maximum absolute atomic E-state index is 10.7. The van der Waals surface area contributed by atoms with Gasteiger partial charge in [-0.15, -0.1) is 0 Å². The number of benzene rings is 1. The maximum atomic E-state index is 10.7. The summed E-state index contributed by atoms with van der Waals surface area (Å²) in [7, 11) is 1.39. The van der Waals surface area contributed by atoms with Gasteiger partial charge in [0.05, 0.1) is 24.7 Å². The molecule has 0 aliphatic heterocycles. The monoisotopic (exact) mass is 229 g/mol. The number of rotatable bonds is 5. The molecule has 15 heavy (non-hydrogen) atoms. The second kappa shape index (κ2) is 5.45. The summed E-state index contributed by atoms with van der Waals surface area (Å²) in [6.45, 7) is 0.409. The SMILES string of the molecule is COc1ccc(OCCS)cc1[N+](=O)[O-]. The maximum Gasteiger partial charge on any atom is 0.314 e. The van der Waals surface area contributed by atoms with Gasteiger partial charge in [-0.25, -0.2) is 0 Å². The number of hydrogen-bond donors (Lipinski definition) is 1. The highest BCUT2D eigenvalue weighted by Gasteiger charge is 2.15. The summed E-state index contributed by atoms with van der Waals surface area (Å²) in [5.41, 5.74) is -0.103. The summed E-state index contributed by atoms with van der Waals surface area (Å²) in [6, 6.07) is 4.46. The fourth-order valence-electron chi connectivity index (χ4n) is 1.07. The number of ether oxygens (including phenoxy) is 2. The molecule has 0 unspecified atom stereocenters. The molecule has 1 aromatic carbocycles. The zero-order valence-corrected chi connectivity index (χ0v) is 9.07. The number of hydrogen-bond acceptors (Lipinski definition) is 5. The molecule has 0 aliphatic carbocycles. The molecule has 0 N–H and O–H groups in total. The number of methoxy groups -OCH3 is 1. The lowest BCUT2D eigenvalue weighted by atomic mass is 10.3. The van der Waals surface area contributed by atoms with E-state index in [1.54, 1.807) is 6.07 Å². The van der Waals surface area contributed by atoms with Crippen molar-refractivity contribution < 1.29 is 14.4 Å². The van der Waals surface area contributed by atoms with Gasteiger partial charge in [-0.1, -0.05) is 0 Å². The molecule has 0 saturated carbocycles. The molecule has 0 atom stereocenters. The fraction of sp³-hybridized carbons (Fsp3) is 0.333. The zero-order chi connectivity index (χ0) is 11.3. The van der Waals surface area contributed by atoms with Gasteiger partial charge >= 0.3 is 5.69 Å². The summed E-state index contributed by atoms with van der Waals surface area (Å²) < 4.78 is 10.1. The Morgan fingerprint density at radius 2 is 2.27 bits per heavy atom. The predicted molar refractivity (Wildman–Crippen MR) is 59.0 cm³/mol. The van der Waals surface area contributed by atoms with Crippen molar-refractivity contribution in [3.8, 4) is 11.5 Å². The van der Waals surface area contributed by atoms with E-state index >= 15 is 0 Å². The van der Waals surface area contributed by atoms with Crippen LogP contribution in [0.4, 0.5) is 5.69 Å². The number of nitrogens with zero attached hydrogens (tertiary/aromatic N) is 1. The second-order valence-corrected chi connectivity index (χ2v) is 3.11. The summed E-state index contributed by atoms with van der Waals surface area (Å²) in [4.78, 5) is 10.2. The van der Waals surface area contributed by atoms with Crippen LogP contribution >= 0.6 is 12.6 Å². The summed E-state index contributed by atoms with van der Waals surface area (Å²) in [6.07, 6.45) is 0. The van der Waals surface area contributed by atoms with Crippen LogP contribution in [0.2, 0.25) is 0 Å². The minimum atomic E-state index is -0.508. The molecule has 82 valence electrons. The van der Waals surface area contributed by atoms with Gasteiger partial charge in [-0.3, -0.25) is 10.1 Å². The van der Waals surface area contributed by atoms with E-state index in [0.717, 1.165) is 0 Å². The zero-order valence-electron chi connectivity index (χ0n) is 8.17. The van der Waals surface area contributed by atoms with Gasteiger partial charge < -0.3 is 9.47 Å². The van der Waals surface area contributed by atoms with E-state index in [2.05, 4.69) is 12.6 Å². The highest BCUT2D eigenvalue weighted by molar-refractivity contribution is 7.80. The molecule has 0 aliphatic rings. The second-order valence-electron chi connectivity index (χ2n) is 2.66. The minimum absolute atomic E-state index is 0.103. The fourth-order valence-corrected chi connectivity index (χ4v) is 1.16. The van der Waals surface area contributed by atoms with Gasteiger partial charge in [0, 0.05) is 5.75 Å². The summed E-state index contributed by atoms with van der Waals surface area (Å²) in [5.74, 6) is 1.22. The molecule has 0 amide bonds. The molecule has 5 nitrogen and oxygen atoms in total. The van der Waals surface area contributed by atoms with E-state index in [-0.39, 0.29) is 11.4 Å². The summed E-state index contributed by atoms with van der Waals surface area (Å²) in [5, 5.41) is 10.7. The average Bonchev–Trinajstić information content (AvgIpc) is 2.25. The Morgan fingerprint density at radius 1 is 1.53 bits per heavy atom. The van der Waals surface area contributed by atoms with Gasteiger partial charge in [0.2, 0.25) is 0 Å². The van der Waals surface area contributed by atoms with Crippen LogP contribution in [0.25, 0.3) is 0 Å². The third-order valence-corrected chi connectivity index (χ3v) is 1.89. The van der Waals surface area contributed by atoms with Crippen molar-refractivity contribution in [3.63, 3.8) is 0 Å². The first-order chi connectivity index (χ1) is 7.19. The Kier molecular flexibility index (Phi) is 4.23. The van der Waals surface area contributed by atoms with Gasteiger partial charge in [0.25, 0.3) is 0 Å². The van der Waals surface area contributed by atoms with Crippen molar-refractivity contribution in [1.82, 2.24) is 0 Å². The molecule has 0 fully saturated rings. The number of thiol groups is 1. The Bertz CT molecular complexity index is 356. The number of nitro benzene ring substituents is 1. The van der Waals surface area contributed by atoms with Gasteiger partial charge in [0.15, 0.2) is 5.75 Å². The number of nitro groups is 1. The van der Waals surface area contributed by atoms with E-state index in [1.807, 2.05) is 0 Å². The van der Waals surface area contributed by atoms with Crippen molar-refractivity contribution in [1.29, 1.82) is 0 Å². The quantitative estimate of drug-likeness (QED) is 0.476. The van der Waals surface area contributed by atoms with Crippen molar-refractivity contribution >= 4 is 18.3 Å². The first-order valence-corrected chi connectivity index (χ1v) is 4.88. The van der Waals surface area contributed by atoms with Gasteiger partial charge in [0.1, 0.15) is 5.75 Å². The summed E-state index contributed by atoms with van der Waals surface area (Å²) >= 11 is 3.97. The normalized spacial score (nSPS) is 9.73. The third kappa shape index (κ3) is 3.02. The van der Waals surface area contributed by atoms with E-state index in [4.69, 9.17) is 9.47 Å². The van der Waals surface area contributed by atoms with Gasteiger partial charge in [-0.05, 0) is 12.1 Å². The molecule has 0 aromatic heterocycles. The van der Waals surface area contributed by atoms with Crippen molar-refractivity contribution in [2.24, 2.45) is 0 Å². The lowest BCUT2D eigenvalue weighted by Crippen LogP contribution is -1.99. The van der Waals surface area contributed by atoms with Crippen LogP contribution < -0.4 is 9.47 Å². The van der Waals surface area contributed by atoms with Crippen LogP contribution in [-0.2, 0) is 0 Å². The van der Waals surface area contributed by atoms with Crippen LogP contribution in [0.1, 0.15) is 0 Å². The van der Waals surface area contributed by atoms with Crippen LogP contribution in [0, 0.1) is 10.1 Å². The van der Waals surface area contributed by atoms with Crippen LogP contribution in [-0.4, -0.2) is 24.4 Å². The first kappa shape index (κ1) is 11.6. The van der Waals surface area contributed by atoms with Crippen molar-refractivity contribution in [3.05, 3.63) is 28.3 Å². The lowest BCUT2D eigenvalue weighted by Gasteiger charge is -2.06. The van der Waals surface area contributed by atoms with Crippen LogP contribution in [0.5, 0.6) is 11.5 Å². The standard InChI is InChI=1S/C9H11NO4S/c1-13-9-3-2-7(14-4-5-15)6-8(9)10(11)12/h2-3,6,15H,4-5H2,1H3. The Labute approximate surface area is 92.6 Å². The Hall–Kier alpha value is -1.43. The molecule has 1 aromatic rings. The molecule has 0 spiro atoms. The molecular formula is C9H11NO4S. The van der Waals surface area contributed by atoms with E-state index in [0.29, 0.717) is 18.1 Å². The van der Waals surface area contributed by atoms with E-state index in [9.17, 15) is 10.1 Å². The largest absolute Gasteiger partial charge is 0.492 e. The molecule has 0 bridgehead atoms. The molecular weight excluding hydrogens is 218 g/mol. The molecule has 1 rings (SSSR count). The molecule has 6 heteroatoms. The first-order valence-electron chi connectivity index (χ1n) is 4.25. The Balaban J connectivity index is 2.94. The topological polar surface area (TPSA) is 61.6 Å². The van der Waals surface area contributed by atoms with Crippen LogP contribution in [0.15, 0.2) is 18.2 Å². The van der Waals surface area contributed by atoms with Crippen LogP contribution in [0.3, 0.4) is 0 Å². The third-order valence-electron chi connectivity index (χ3n) is 1.71. The highest BCUT2D eigenvalue weighted by Crippen LogP contribution is 2.30. The molecule has 0 radical (unpaired) electrons. The average molecular weight is 229 g/mol. The van der Waals surface area contributed by atoms with Crippen molar-refractivity contribution in [2.45, 2.75) is 0 Å². The molecule has 0 heterocycles. The van der Waals surface area contributed by atoms with E-state index < -0.39 is 4.92 Å². The highest BCUT2D eigenvalue weighted by atomic mass is 32.1. The Morgan fingerprint density at radius 3 is 2.80 bits per heavy atom. The molecule has 0 saturated heterocycles. The lowest BCUT2D eigenvalue weighted by molar-refractivity contribution is -0.385. The minimum Gasteiger partial charge on any atom is -0.492 e. The predicted octanol–water partition coefficient (Wildman–Crippen LogP) is 1.91. The smallest absolute Gasteiger partial charge is 0.314 e. The van der Waals surface area contributed by atoms with Crippen molar-refractivity contribution in [2.75, 3.05) is 19.5 Å². The van der Waals surface area contributed by atoms with Gasteiger partial charge in [-0.2, -0.15) is 12.6 Å².